The van der Waals surface area contributed by atoms with Gasteiger partial charge in [0.15, 0.2) is 0 Å². The standard InChI is InChI=1S/C25H30ClF2N3O3/c26-25(27,28)34-20-3-1-19(2-4-20)31-22(32)12-21(23(31)33)29-5-7-30(8-6-29)24-13-16-9-17(14-24)11-18(10-16)15-24/h1-4,16-18,21H,5-15H2. The van der Waals surface area contributed by atoms with E-state index in [9.17, 15) is 18.4 Å². The van der Waals surface area contributed by atoms with Gasteiger partial charge in [-0.05, 0) is 80.5 Å². The first-order valence-corrected chi connectivity index (χ1v) is 12.8. The number of nitrogens with zero attached hydrogens (tertiary/aromatic N) is 3. The number of halogens is 3. The lowest BCUT2D eigenvalue weighted by Crippen LogP contribution is -2.64. The second-order valence-electron chi connectivity index (χ2n) is 11.0. The highest BCUT2D eigenvalue weighted by Gasteiger charge is 2.54. The predicted octanol–water partition coefficient (Wildman–Crippen LogP) is 4.07. The zero-order chi connectivity index (χ0) is 23.7. The molecule has 9 heteroatoms. The van der Waals surface area contributed by atoms with E-state index in [1.807, 2.05) is 0 Å². The summed E-state index contributed by atoms with van der Waals surface area (Å²) in [7, 11) is 0. The summed E-state index contributed by atoms with van der Waals surface area (Å²) in [6.07, 6.45) is 8.43. The summed E-state index contributed by atoms with van der Waals surface area (Å²) < 4.78 is 30.0. The number of hydrogen-bond acceptors (Lipinski definition) is 5. The molecule has 2 saturated heterocycles. The summed E-state index contributed by atoms with van der Waals surface area (Å²) in [5.74, 6) is 2.05. The van der Waals surface area contributed by atoms with E-state index >= 15 is 0 Å². The van der Waals surface area contributed by atoms with Gasteiger partial charge in [-0.25, -0.2) is 4.90 Å². The minimum absolute atomic E-state index is 0.139. The van der Waals surface area contributed by atoms with E-state index in [0.717, 1.165) is 43.9 Å². The van der Waals surface area contributed by atoms with Gasteiger partial charge >= 0.3 is 5.57 Å². The van der Waals surface area contributed by atoms with Gasteiger partial charge in [0.1, 0.15) is 5.75 Å². The average molecular weight is 494 g/mol. The number of carbonyl (C=O) groups excluding carboxylic acids is 2. The fourth-order valence-corrected chi connectivity index (χ4v) is 8.02. The number of imide groups is 1. The summed E-state index contributed by atoms with van der Waals surface area (Å²) in [4.78, 5) is 32.0. The largest absolute Gasteiger partial charge is 0.487 e. The van der Waals surface area contributed by atoms with Crippen LogP contribution in [0.3, 0.4) is 0 Å². The van der Waals surface area contributed by atoms with E-state index in [1.165, 1.54) is 67.7 Å². The highest BCUT2D eigenvalue weighted by molar-refractivity contribution is 6.22. The number of hydrogen-bond donors (Lipinski definition) is 0. The summed E-state index contributed by atoms with van der Waals surface area (Å²) in [5.41, 5.74) is -3.09. The third-order valence-corrected chi connectivity index (χ3v) is 8.96. The molecule has 1 unspecified atom stereocenters. The maximum absolute atomic E-state index is 13.2. The molecule has 34 heavy (non-hydrogen) atoms. The molecule has 0 radical (unpaired) electrons. The molecule has 6 fully saturated rings. The van der Waals surface area contributed by atoms with Crippen molar-refractivity contribution in [2.75, 3.05) is 31.1 Å². The minimum atomic E-state index is -3.82. The van der Waals surface area contributed by atoms with Crippen molar-refractivity contribution in [1.29, 1.82) is 0 Å². The van der Waals surface area contributed by atoms with Crippen molar-refractivity contribution >= 4 is 29.1 Å². The van der Waals surface area contributed by atoms with Gasteiger partial charge in [-0.3, -0.25) is 19.4 Å². The van der Waals surface area contributed by atoms with Crippen LogP contribution in [0.2, 0.25) is 0 Å². The van der Waals surface area contributed by atoms with Gasteiger partial charge in [0.25, 0.3) is 5.91 Å². The fraction of sp³-hybridized carbons (Fsp3) is 0.680. The number of anilines is 1. The van der Waals surface area contributed by atoms with Crippen LogP contribution >= 0.6 is 11.6 Å². The molecule has 4 saturated carbocycles. The maximum Gasteiger partial charge on any atom is 0.487 e. The Morgan fingerprint density at radius 3 is 2.00 bits per heavy atom. The van der Waals surface area contributed by atoms with Crippen LogP contribution < -0.4 is 9.64 Å². The van der Waals surface area contributed by atoms with Crippen molar-refractivity contribution in [2.45, 2.75) is 62.1 Å². The number of ether oxygens (including phenoxy) is 1. The Labute approximate surface area is 203 Å². The zero-order valence-corrected chi connectivity index (χ0v) is 19.9. The first-order valence-electron chi connectivity index (χ1n) is 12.4. The van der Waals surface area contributed by atoms with Gasteiger partial charge < -0.3 is 4.74 Å². The molecule has 2 heterocycles. The molecule has 184 valence electrons. The van der Waals surface area contributed by atoms with Crippen molar-refractivity contribution in [1.82, 2.24) is 9.80 Å². The van der Waals surface area contributed by atoms with Crippen LogP contribution in [0.25, 0.3) is 0 Å². The maximum atomic E-state index is 13.2. The summed E-state index contributed by atoms with van der Waals surface area (Å²) >= 11 is 4.80. The Kier molecular flexibility index (Phi) is 5.43. The quantitative estimate of drug-likeness (QED) is 0.457. The fourth-order valence-electron chi connectivity index (χ4n) is 7.93. The highest BCUT2D eigenvalue weighted by atomic mass is 35.5. The van der Waals surface area contributed by atoms with Gasteiger partial charge in [-0.2, -0.15) is 0 Å². The highest BCUT2D eigenvalue weighted by Crippen LogP contribution is 2.57. The number of amides is 2. The molecule has 0 aromatic heterocycles. The summed E-state index contributed by atoms with van der Waals surface area (Å²) in [6, 6.07) is 4.96. The molecule has 1 aromatic carbocycles. The third kappa shape index (κ3) is 4.01. The van der Waals surface area contributed by atoms with Crippen LogP contribution in [0.1, 0.15) is 44.9 Å². The second-order valence-corrected chi connectivity index (χ2v) is 11.4. The van der Waals surface area contributed by atoms with Crippen LogP contribution in [0.15, 0.2) is 24.3 Å². The summed E-state index contributed by atoms with van der Waals surface area (Å²) in [5, 5.41) is 0. The topological polar surface area (TPSA) is 53.1 Å². The first-order chi connectivity index (χ1) is 16.2. The minimum Gasteiger partial charge on any atom is -0.420 e. The molecular formula is C25H30ClF2N3O3. The van der Waals surface area contributed by atoms with Crippen molar-refractivity contribution in [2.24, 2.45) is 17.8 Å². The molecule has 4 aliphatic carbocycles. The van der Waals surface area contributed by atoms with E-state index in [-0.39, 0.29) is 24.0 Å². The van der Waals surface area contributed by atoms with Crippen molar-refractivity contribution in [3.05, 3.63) is 24.3 Å². The van der Waals surface area contributed by atoms with E-state index in [2.05, 4.69) is 14.5 Å². The van der Waals surface area contributed by atoms with Crippen LogP contribution in [0.4, 0.5) is 14.5 Å². The number of alkyl halides is 3. The van der Waals surface area contributed by atoms with E-state index in [4.69, 9.17) is 11.6 Å². The molecule has 7 rings (SSSR count). The van der Waals surface area contributed by atoms with E-state index < -0.39 is 11.6 Å². The monoisotopic (exact) mass is 493 g/mol. The Balaban J connectivity index is 1.10. The van der Waals surface area contributed by atoms with Crippen LogP contribution in [0.5, 0.6) is 5.75 Å². The normalized spacial score (nSPS) is 36.5. The van der Waals surface area contributed by atoms with Gasteiger partial charge in [0, 0.05) is 43.3 Å². The number of carbonyl (C=O) groups is 2. The molecule has 0 N–H and O–H groups in total. The average Bonchev–Trinajstić information content (AvgIpc) is 3.06. The molecule has 0 spiro atoms. The first kappa shape index (κ1) is 22.7. The SMILES string of the molecule is O=C1CC(N2CCN(C34CC5CC(CC(C5)C3)C4)CC2)C(=O)N1c1ccc(OC(F)(F)Cl)cc1. The lowest BCUT2D eigenvalue weighted by atomic mass is 9.52. The predicted molar refractivity (Wildman–Crippen MR) is 123 cm³/mol. The van der Waals surface area contributed by atoms with Crippen LogP contribution in [-0.2, 0) is 9.59 Å². The molecule has 2 aliphatic heterocycles. The zero-order valence-electron chi connectivity index (χ0n) is 19.1. The van der Waals surface area contributed by atoms with Crippen LogP contribution in [0, 0.1) is 17.8 Å². The van der Waals surface area contributed by atoms with E-state index in [1.54, 1.807) is 0 Å². The number of piperazine rings is 1. The molecule has 1 atom stereocenters. The molecule has 6 aliphatic rings. The number of rotatable bonds is 5. The van der Waals surface area contributed by atoms with Gasteiger partial charge in [-0.15, -0.1) is 8.78 Å². The van der Waals surface area contributed by atoms with E-state index in [0.29, 0.717) is 11.2 Å². The molecule has 6 nitrogen and oxygen atoms in total. The molecule has 2 amide bonds. The smallest absolute Gasteiger partial charge is 0.420 e. The third-order valence-electron chi connectivity index (χ3n) is 8.88. The lowest BCUT2D eigenvalue weighted by Gasteiger charge is -2.61. The molecular weight excluding hydrogens is 464 g/mol. The van der Waals surface area contributed by atoms with Crippen molar-refractivity contribution in [3.8, 4) is 5.75 Å². The Hall–Kier alpha value is -1.77. The van der Waals surface area contributed by atoms with Crippen LogP contribution in [-0.4, -0.2) is 64.9 Å². The van der Waals surface area contributed by atoms with Gasteiger partial charge in [0.05, 0.1) is 18.2 Å². The Bertz CT molecular complexity index is 939. The second kappa shape index (κ2) is 8.14. The lowest BCUT2D eigenvalue weighted by molar-refractivity contribution is -0.125. The van der Waals surface area contributed by atoms with Gasteiger partial charge in [0.2, 0.25) is 5.91 Å². The van der Waals surface area contributed by atoms with Gasteiger partial charge in [-0.1, -0.05) is 0 Å². The van der Waals surface area contributed by atoms with Crippen molar-refractivity contribution in [3.63, 3.8) is 0 Å². The Morgan fingerprint density at radius 1 is 0.912 bits per heavy atom. The van der Waals surface area contributed by atoms with Crippen molar-refractivity contribution < 1.29 is 23.1 Å². The summed E-state index contributed by atoms with van der Waals surface area (Å²) in [6.45, 7) is 3.47. The molecule has 1 aromatic rings. The Morgan fingerprint density at radius 2 is 1.47 bits per heavy atom. The number of benzene rings is 1. The molecule has 4 bridgehead atoms.